The number of carbonyl (C=O) groups excluding carboxylic acids is 1. The Morgan fingerprint density at radius 3 is 2.71 bits per heavy atom. The van der Waals surface area contributed by atoms with Gasteiger partial charge in [-0.15, -0.1) is 0 Å². The van der Waals surface area contributed by atoms with Gasteiger partial charge in [0.1, 0.15) is 11.5 Å². The zero-order valence-electron chi connectivity index (χ0n) is 12.2. The molecule has 0 aliphatic heterocycles. The quantitative estimate of drug-likeness (QED) is 0.823. The summed E-state index contributed by atoms with van der Waals surface area (Å²) in [5.74, 6) is 1.69. The number of benzene rings is 1. The molecule has 2 rings (SSSR count). The van der Waals surface area contributed by atoms with Gasteiger partial charge in [-0.2, -0.15) is 0 Å². The topological polar surface area (TPSA) is 62.5 Å². The van der Waals surface area contributed by atoms with E-state index in [0.29, 0.717) is 19.4 Å². The third-order valence-electron chi connectivity index (χ3n) is 3.28. The molecule has 21 heavy (non-hydrogen) atoms. The van der Waals surface area contributed by atoms with E-state index in [4.69, 9.17) is 9.52 Å². The number of hydrogen-bond acceptors (Lipinski definition) is 3. The maximum Gasteiger partial charge on any atom is 0.220 e. The number of aryl methyl sites for hydroxylation is 1. The summed E-state index contributed by atoms with van der Waals surface area (Å²) in [6.45, 7) is 2.47. The molecule has 0 saturated heterocycles. The third-order valence-corrected chi connectivity index (χ3v) is 3.28. The van der Waals surface area contributed by atoms with E-state index >= 15 is 0 Å². The van der Waals surface area contributed by atoms with E-state index in [9.17, 15) is 4.79 Å². The summed E-state index contributed by atoms with van der Waals surface area (Å²) < 4.78 is 5.75. The van der Waals surface area contributed by atoms with Gasteiger partial charge < -0.3 is 14.8 Å². The zero-order valence-corrected chi connectivity index (χ0v) is 12.2. The van der Waals surface area contributed by atoms with E-state index in [1.807, 2.05) is 49.4 Å². The fourth-order valence-electron chi connectivity index (χ4n) is 1.95. The van der Waals surface area contributed by atoms with Gasteiger partial charge >= 0.3 is 0 Å². The van der Waals surface area contributed by atoms with Crippen LogP contribution in [-0.2, 0) is 11.2 Å². The van der Waals surface area contributed by atoms with Gasteiger partial charge in [0.2, 0.25) is 5.91 Å². The number of nitrogens with one attached hydrogen (secondary N) is 1. The minimum absolute atomic E-state index is 0.0204. The van der Waals surface area contributed by atoms with Crippen LogP contribution >= 0.6 is 0 Å². The first-order valence-electron chi connectivity index (χ1n) is 7.20. The van der Waals surface area contributed by atoms with Crippen molar-refractivity contribution in [2.75, 3.05) is 13.2 Å². The van der Waals surface area contributed by atoms with Gasteiger partial charge in [-0.25, -0.2) is 0 Å². The van der Waals surface area contributed by atoms with Gasteiger partial charge in [-0.1, -0.05) is 37.3 Å². The number of furan rings is 1. The van der Waals surface area contributed by atoms with Gasteiger partial charge in [0.05, 0.1) is 0 Å². The molecule has 0 saturated carbocycles. The molecule has 0 aliphatic rings. The molecule has 1 aromatic heterocycles. The Kier molecular flexibility index (Phi) is 5.58. The SMILES string of the molecule is CC(CO)CNC(=O)CCc1ccc(-c2ccccc2)o1. The predicted octanol–water partition coefficient (Wildman–Crippen LogP) is 2.62. The van der Waals surface area contributed by atoms with Gasteiger partial charge in [-0.3, -0.25) is 4.79 Å². The second-order valence-electron chi connectivity index (χ2n) is 5.22. The van der Waals surface area contributed by atoms with Crippen molar-refractivity contribution in [3.05, 3.63) is 48.2 Å². The first kappa shape index (κ1) is 15.3. The van der Waals surface area contributed by atoms with Crippen LogP contribution in [0.5, 0.6) is 0 Å². The summed E-state index contributed by atoms with van der Waals surface area (Å²) in [6, 6.07) is 13.7. The summed E-state index contributed by atoms with van der Waals surface area (Å²) in [6.07, 6.45) is 0.964. The largest absolute Gasteiger partial charge is 0.461 e. The van der Waals surface area contributed by atoms with E-state index in [2.05, 4.69) is 5.32 Å². The molecule has 0 spiro atoms. The molecule has 1 atom stereocenters. The average molecular weight is 287 g/mol. The highest BCUT2D eigenvalue weighted by molar-refractivity contribution is 5.76. The fourth-order valence-corrected chi connectivity index (χ4v) is 1.95. The molecular formula is C17H21NO3. The number of aliphatic hydroxyl groups is 1. The van der Waals surface area contributed by atoms with E-state index in [0.717, 1.165) is 17.1 Å². The summed E-state index contributed by atoms with van der Waals surface area (Å²) in [5.41, 5.74) is 1.03. The third kappa shape index (κ3) is 4.76. The van der Waals surface area contributed by atoms with Crippen LogP contribution in [0.3, 0.4) is 0 Å². The summed E-state index contributed by atoms with van der Waals surface area (Å²) in [5, 5.41) is 11.7. The van der Waals surface area contributed by atoms with Crippen molar-refractivity contribution < 1.29 is 14.3 Å². The molecule has 2 N–H and O–H groups in total. The smallest absolute Gasteiger partial charge is 0.220 e. The first-order valence-corrected chi connectivity index (χ1v) is 7.20. The van der Waals surface area contributed by atoms with Gasteiger partial charge in [-0.05, 0) is 18.1 Å². The summed E-state index contributed by atoms with van der Waals surface area (Å²) in [4.78, 5) is 11.7. The normalized spacial score (nSPS) is 12.1. The van der Waals surface area contributed by atoms with E-state index < -0.39 is 0 Å². The first-order chi connectivity index (χ1) is 10.2. The lowest BCUT2D eigenvalue weighted by molar-refractivity contribution is -0.121. The number of rotatable bonds is 7. The molecular weight excluding hydrogens is 266 g/mol. The Balaban J connectivity index is 1.82. The lowest BCUT2D eigenvalue weighted by Crippen LogP contribution is -2.29. The van der Waals surface area contributed by atoms with E-state index in [-0.39, 0.29) is 18.4 Å². The van der Waals surface area contributed by atoms with E-state index in [1.165, 1.54) is 0 Å². The minimum Gasteiger partial charge on any atom is -0.461 e. The lowest BCUT2D eigenvalue weighted by Gasteiger charge is -2.08. The van der Waals surface area contributed by atoms with Crippen molar-refractivity contribution in [1.29, 1.82) is 0 Å². The Labute approximate surface area is 124 Å². The van der Waals surface area contributed by atoms with Crippen molar-refractivity contribution in [1.82, 2.24) is 5.32 Å². The molecule has 112 valence electrons. The van der Waals surface area contributed by atoms with Crippen LogP contribution in [0, 0.1) is 5.92 Å². The standard InChI is InChI=1S/C17H21NO3/c1-13(12-19)11-18-17(20)10-8-15-7-9-16(21-15)14-5-3-2-4-6-14/h2-7,9,13,19H,8,10-12H2,1H3,(H,18,20). The number of aliphatic hydroxyl groups excluding tert-OH is 1. The average Bonchev–Trinajstić information content (AvgIpc) is 3.00. The lowest BCUT2D eigenvalue weighted by atomic mass is 10.2. The highest BCUT2D eigenvalue weighted by Gasteiger charge is 2.08. The second-order valence-corrected chi connectivity index (χ2v) is 5.22. The van der Waals surface area contributed by atoms with E-state index in [1.54, 1.807) is 0 Å². The van der Waals surface area contributed by atoms with Crippen LogP contribution in [0.2, 0.25) is 0 Å². The summed E-state index contributed by atoms with van der Waals surface area (Å²) >= 11 is 0. The van der Waals surface area contributed by atoms with Crippen LogP contribution in [0.15, 0.2) is 46.9 Å². The summed E-state index contributed by atoms with van der Waals surface area (Å²) in [7, 11) is 0. The van der Waals surface area contributed by atoms with Crippen LogP contribution in [-0.4, -0.2) is 24.2 Å². The Morgan fingerprint density at radius 1 is 1.24 bits per heavy atom. The Morgan fingerprint density at radius 2 is 2.00 bits per heavy atom. The zero-order chi connectivity index (χ0) is 15.1. The molecule has 1 aromatic carbocycles. The Hall–Kier alpha value is -2.07. The number of amides is 1. The predicted molar refractivity (Wildman–Crippen MR) is 81.7 cm³/mol. The molecule has 0 fully saturated rings. The molecule has 0 aliphatic carbocycles. The maximum absolute atomic E-state index is 11.7. The highest BCUT2D eigenvalue weighted by atomic mass is 16.3. The van der Waals surface area contributed by atoms with Gasteiger partial charge in [0.25, 0.3) is 0 Å². The highest BCUT2D eigenvalue weighted by Crippen LogP contribution is 2.22. The molecule has 1 amide bonds. The maximum atomic E-state index is 11.7. The molecule has 0 radical (unpaired) electrons. The molecule has 4 heteroatoms. The Bertz CT molecular complexity index is 562. The molecule has 1 heterocycles. The van der Waals surface area contributed by atoms with Crippen molar-refractivity contribution in [2.45, 2.75) is 19.8 Å². The molecule has 2 aromatic rings. The van der Waals surface area contributed by atoms with Crippen LogP contribution < -0.4 is 5.32 Å². The second kappa shape index (κ2) is 7.64. The van der Waals surface area contributed by atoms with Crippen LogP contribution in [0.4, 0.5) is 0 Å². The van der Waals surface area contributed by atoms with Gasteiger partial charge in [0, 0.05) is 31.6 Å². The van der Waals surface area contributed by atoms with Crippen LogP contribution in [0.25, 0.3) is 11.3 Å². The van der Waals surface area contributed by atoms with Crippen molar-refractivity contribution in [2.24, 2.45) is 5.92 Å². The number of carbonyl (C=O) groups is 1. The van der Waals surface area contributed by atoms with Crippen molar-refractivity contribution >= 4 is 5.91 Å². The number of hydrogen-bond donors (Lipinski definition) is 2. The van der Waals surface area contributed by atoms with Crippen LogP contribution in [0.1, 0.15) is 19.1 Å². The van der Waals surface area contributed by atoms with Crippen molar-refractivity contribution in [3.8, 4) is 11.3 Å². The molecule has 4 nitrogen and oxygen atoms in total. The van der Waals surface area contributed by atoms with Crippen molar-refractivity contribution in [3.63, 3.8) is 0 Å². The fraction of sp³-hybridized carbons (Fsp3) is 0.353. The minimum atomic E-state index is -0.0204. The monoisotopic (exact) mass is 287 g/mol. The van der Waals surface area contributed by atoms with Gasteiger partial charge in [0.15, 0.2) is 0 Å². The molecule has 1 unspecified atom stereocenters. The molecule has 0 bridgehead atoms.